The van der Waals surface area contributed by atoms with Gasteiger partial charge < -0.3 is 5.11 Å². The fourth-order valence-corrected chi connectivity index (χ4v) is 2.01. The second-order valence-electron chi connectivity index (χ2n) is 5.30. The molecule has 0 aliphatic carbocycles. The molecule has 0 saturated heterocycles. The molecule has 0 aliphatic heterocycles. The van der Waals surface area contributed by atoms with E-state index in [2.05, 4.69) is 50.7 Å². The number of benzene rings is 1. The van der Waals surface area contributed by atoms with Crippen LogP contribution in [0.4, 0.5) is 0 Å². The van der Waals surface area contributed by atoms with Crippen LogP contribution >= 0.6 is 12.6 Å². The van der Waals surface area contributed by atoms with E-state index in [0.29, 0.717) is 5.75 Å². The lowest BCUT2D eigenvalue weighted by Crippen LogP contribution is -2.43. The monoisotopic (exact) mass is 238 g/mol. The predicted molar refractivity (Wildman–Crippen MR) is 73.0 cm³/mol. The summed E-state index contributed by atoms with van der Waals surface area (Å²) in [4.78, 5) is 0. The van der Waals surface area contributed by atoms with Gasteiger partial charge in [-0.3, -0.25) is 0 Å². The maximum absolute atomic E-state index is 10.3. The van der Waals surface area contributed by atoms with Crippen molar-refractivity contribution in [2.75, 3.05) is 5.75 Å². The van der Waals surface area contributed by atoms with E-state index in [1.807, 2.05) is 13.0 Å². The minimum absolute atomic E-state index is 0.120. The van der Waals surface area contributed by atoms with E-state index >= 15 is 0 Å². The van der Waals surface area contributed by atoms with Crippen LogP contribution in [0.3, 0.4) is 0 Å². The lowest BCUT2D eigenvalue weighted by molar-refractivity contribution is -0.0344. The molecule has 0 bridgehead atoms. The van der Waals surface area contributed by atoms with Gasteiger partial charge in [0.15, 0.2) is 0 Å². The summed E-state index contributed by atoms with van der Waals surface area (Å²) in [5, 5.41) is 10.3. The van der Waals surface area contributed by atoms with E-state index in [0.717, 1.165) is 12.8 Å². The minimum Gasteiger partial charge on any atom is -0.389 e. The highest BCUT2D eigenvalue weighted by molar-refractivity contribution is 7.80. The molecule has 2 heteroatoms. The number of rotatable bonds is 5. The topological polar surface area (TPSA) is 20.2 Å². The normalized spacial score (nSPS) is 15.8. The summed E-state index contributed by atoms with van der Waals surface area (Å²) in [5.41, 5.74) is 0.487. The highest BCUT2D eigenvalue weighted by Gasteiger charge is 2.37. The van der Waals surface area contributed by atoms with Gasteiger partial charge >= 0.3 is 0 Å². The highest BCUT2D eigenvalue weighted by Crippen LogP contribution is 2.36. The summed E-state index contributed by atoms with van der Waals surface area (Å²) >= 11 is 4.22. The number of hydrogen-bond donors (Lipinski definition) is 2. The molecule has 0 aromatic heterocycles. The molecular weight excluding hydrogens is 216 g/mol. The van der Waals surface area contributed by atoms with Crippen LogP contribution in [0.1, 0.15) is 32.8 Å². The molecule has 1 atom stereocenters. The second kappa shape index (κ2) is 5.24. The highest BCUT2D eigenvalue weighted by atomic mass is 32.1. The van der Waals surface area contributed by atoms with Crippen molar-refractivity contribution in [1.82, 2.24) is 0 Å². The third kappa shape index (κ3) is 3.26. The molecule has 0 fully saturated rings. The van der Waals surface area contributed by atoms with Crippen molar-refractivity contribution in [3.05, 3.63) is 35.9 Å². The maximum atomic E-state index is 10.3. The van der Waals surface area contributed by atoms with Crippen LogP contribution in [0.2, 0.25) is 0 Å². The Hall–Kier alpha value is -0.470. The van der Waals surface area contributed by atoms with Crippen LogP contribution in [0.5, 0.6) is 0 Å². The molecule has 1 nitrogen and oxygen atoms in total. The van der Waals surface area contributed by atoms with E-state index in [1.54, 1.807) is 0 Å². The first-order chi connectivity index (χ1) is 7.39. The zero-order valence-electron chi connectivity index (χ0n) is 10.4. The molecule has 1 aromatic rings. The summed E-state index contributed by atoms with van der Waals surface area (Å²) in [6.45, 7) is 6.07. The van der Waals surface area contributed by atoms with Gasteiger partial charge in [0, 0.05) is 5.75 Å². The fourth-order valence-electron chi connectivity index (χ4n) is 1.58. The number of hydrogen-bond acceptors (Lipinski definition) is 2. The van der Waals surface area contributed by atoms with Crippen LogP contribution in [0.25, 0.3) is 0 Å². The third-order valence-corrected chi connectivity index (χ3v) is 4.26. The summed E-state index contributed by atoms with van der Waals surface area (Å²) in [6, 6.07) is 10.4. The van der Waals surface area contributed by atoms with Gasteiger partial charge in [-0.15, -0.1) is 0 Å². The van der Waals surface area contributed by atoms with Gasteiger partial charge in [-0.2, -0.15) is 12.6 Å². The Kier molecular flexibility index (Phi) is 4.45. The minimum atomic E-state index is -0.717. The van der Waals surface area contributed by atoms with Gasteiger partial charge in [0.2, 0.25) is 0 Å². The van der Waals surface area contributed by atoms with Crippen molar-refractivity contribution in [3.8, 4) is 0 Å². The number of aryl methyl sites for hydroxylation is 1. The fraction of sp³-hybridized carbons (Fsp3) is 0.571. The largest absolute Gasteiger partial charge is 0.389 e. The average molecular weight is 238 g/mol. The maximum Gasteiger partial charge on any atom is 0.0757 e. The third-order valence-electron chi connectivity index (χ3n) is 3.65. The Bertz CT molecular complexity index is 317. The molecule has 0 amide bonds. The van der Waals surface area contributed by atoms with Crippen molar-refractivity contribution >= 4 is 12.6 Å². The average Bonchev–Trinajstić information content (AvgIpc) is 2.27. The summed E-state index contributed by atoms with van der Waals surface area (Å²) in [6.07, 6.45) is 1.96. The lowest BCUT2D eigenvalue weighted by atomic mass is 9.73. The van der Waals surface area contributed by atoms with Crippen molar-refractivity contribution < 1.29 is 5.11 Å². The Morgan fingerprint density at radius 2 is 1.69 bits per heavy atom. The van der Waals surface area contributed by atoms with Gasteiger partial charge in [0.25, 0.3) is 0 Å². The molecule has 0 heterocycles. The molecule has 1 N–H and O–H groups in total. The van der Waals surface area contributed by atoms with Crippen LogP contribution in [-0.4, -0.2) is 16.5 Å². The molecule has 16 heavy (non-hydrogen) atoms. The first-order valence-corrected chi connectivity index (χ1v) is 6.39. The smallest absolute Gasteiger partial charge is 0.0757 e. The standard InChI is InChI=1S/C14H22OS/c1-13(2,14(3,15)11-16)10-9-12-7-5-4-6-8-12/h4-8,15-16H,9-11H2,1-3H3. The molecule has 1 aromatic carbocycles. The van der Waals surface area contributed by atoms with E-state index < -0.39 is 5.60 Å². The molecule has 0 aliphatic rings. The first kappa shape index (κ1) is 13.6. The second-order valence-corrected chi connectivity index (χ2v) is 5.62. The molecule has 1 unspecified atom stereocenters. The molecule has 1 rings (SSSR count). The van der Waals surface area contributed by atoms with Crippen molar-refractivity contribution in [3.63, 3.8) is 0 Å². The Morgan fingerprint density at radius 3 is 2.19 bits per heavy atom. The van der Waals surface area contributed by atoms with Crippen LogP contribution < -0.4 is 0 Å². The van der Waals surface area contributed by atoms with Crippen molar-refractivity contribution in [2.45, 2.75) is 39.2 Å². The quantitative estimate of drug-likeness (QED) is 0.754. The van der Waals surface area contributed by atoms with Gasteiger partial charge in [-0.1, -0.05) is 44.2 Å². The van der Waals surface area contributed by atoms with Gasteiger partial charge in [-0.25, -0.2) is 0 Å². The zero-order valence-corrected chi connectivity index (χ0v) is 11.3. The van der Waals surface area contributed by atoms with E-state index in [9.17, 15) is 5.11 Å². The summed E-state index contributed by atoms with van der Waals surface area (Å²) < 4.78 is 0. The molecule has 0 radical (unpaired) electrons. The summed E-state index contributed by atoms with van der Waals surface area (Å²) in [5.74, 6) is 0.495. The van der Waals surface area contributed by atoms with Crippen molar-refractivity contribution in [1.29, 1.82) is 0 Å². The molecule has 0 saturated carbocycles. The van der Waals surface area contributed by atoms with Crippen molar-refractivity contribution in [2.24, 2.45) is 5.41 Å². The number of aliphatic hydroxyl groups is 1. The molecular formula is C14H22OS. The Balaban J connectivity index is 2.61. The van der Waals surface area contributed by atoms with Crippen LogP contribution in [0.15, 0.2) is 30.3 Å². The Morgan fingerprint density at radius 1 is 1.12 bits per heavy atom. The Labute approximate surface area is 104 Å². The van der Waals surface area contributed by atoms with E-state index in [4.69, 9.17) is 0 Å². The molecule has 0 spiro atoms. The van der Waals surface area contributed by atoms with Gasteiger partial charge in [0.05, 0.1) is 5.60 Å². The predicted octanol–water partition coefficient (Wildman–Crippen LogP) is 3.33. The van der Waals surface area contributed by atoms with Crippen LogP contribution in [-0.2, 0) is 6.42 Å². The summed E-state index contributed by atoms with van der Waals surface area (Å²) in [7, 11) is 0. The molecule has 90 valence electrons. The number of thiol groups is 1. The van der Waals surface area contributed by atoms with E-state index in [1.165, 1.54) is 5.56 Å². The zero-order chi connectivity index (χ0) is 12.2. The SMILES string of the molecule is CC(C)(CCc1ccccc1)C(C)(O)CS. The van der Waals surface area contributed by atoms with Gasteiger partial charge in [0.1, 0.15) is 0 Å². The van der Waals surface area contributed by atoms with Crippen LogP contribution in [0, 0.1) is 5.41 Å². The lowest BCUT2D eigenvalue weighted by Gasteiger charge is -2.39. The van der Waals surface area contributed by atoms with E-state index in [-0.39, 0.29) is 5.41 Å². The van der Waals surface area contributed by atoms with Gasteiger partial charge in [-0.05, 0) is 30.7 Å². The first-order valence-electron chi connectivity index (χ1n) is 5.76.